The van der Waals surface area contributed by atoms with Gasteiger partial charge in [0.15, 0.2) is 5.78 Å². The molecular weight excluding hydrogens is 244 g/mol. The molecule has 0 aromatic heterocycles. The van der Waals surface area contributed by atoms with Crippen LogP contribution in [0, 0.1) is 17.8 Å². The molecule has 1 heteroatoms. The van der Waals surface area contributed by atoms with Crippen molar-refractivity contribution in [3.8, 4) is 0 Å². The Morgan fingerprint density at radius 2 is 1.85 bits per heavy atom. The van der Waals surface area contributed by atoms with Crippen LogP contribution in [0.5, 0.6) is 0 Å². The molecule has 0 aliphatic heterocycles. The third-order valence-corrected chi connectivity index (χ3v) is 4.29. The normalized spacial score (nSPS) is 15.4. The van der Waals surface area contributed by atoms with Gasteiger partial charge in [-0.25, -0.2) is 0 Å². The molecular formula is C19H26O. The van der Waals surface area contributed by atoms with Crippen molar-refractivity contribution in [2.45, 2.75) is 47.5 Å². The minimum atomic E-state index is 0.116. The van der Waals surface area contributed by atoms with E-state index in [-0.39, 0.29) is 5.92 Å². The summed E-state index contributed by atoms with van der Waals surface area (Å²) in [6.45, 7) is 10.8. The smallest absolute Gasteiger partial charge is 0.162 e. The van der Waals surface area contributed by atoms with E-state index in [0.717, 1.165) is 18.4 Å². The molecule has 0 fully saturated rings. The molecule has 0 saturated carbocycles. The van der Waals surface area contributed by atoms with Crippen LogP contribution >= 0.6 is 0 Å². The summed E-state index contributed by atoms with van der Waals surface area (Å²) in [5.74, 6) is 1.51. The molecule has 0 heterocycles. The zero-order valence-corrected chi connectivity index (χ0v) is 13.4. The minimum Gasteiger partial charge on any atom is -0.294 e. The third-order valence-electron chi connectivity index (χ3n) is 4.29. The summed E-state index contributed by atoms with van der Waals surface area (Å²) < 4.78 is 0. The van der Waals surface area contributed by atoms with Crippen molar-refractivity contribution in [1.82, 2.24) is 0 Å². The Kier molecular flexibility index (Phi) is 4.47. The van der Waals surface area contributed by atoms with Crippen LogP contribution in [0.3, 0.4) is 0 Å². The van der Waals surface area contributed by atoms with E-state index in [4.69, 9.17) is 0 Å². The van der Waals surface area contributed by atoms with E-state index >= 15 is 0 Å². The van der Waals surface area contributed by atoms with Crippen LogP contribution in [-0.4, -0.2) is 5.78 Å². The molecule has 1 unspecified atom stereocenters. The van der Waals surface area contributed by atoms with Crippen molar-refractivity contribution in [3.05, 3.63) is 40.5 Å². The molecule has 1 atom stereocenters. The first-order chi connectivity index (χ1) is 9.38. The average molecular weight is 270 g/mol. The molecule has 1 aliphatic rings. The second-order valence-corrected chi connectivity index (χ2v) is 6.87. The van der Waals surface area contributed by atoms with Crippen molar-refractivity contribution in [3.63, 3.8) is 0 Å². The SMILES string of the molecule is CC(C)Cc1ccc2c(c1)CC(C(=O)C(C)C(C)C)=C2. The Labute approximate surface area is 123 Å². The summed E-state index contributed by atoms with van der Waals surface area (Å²) in [6, 6.07) is 6.66. The fourth-order valence-corrected chi connectivity index (χ4v) is 2.75. The highest BCUT2D eigenvalue weighted by molar-refractivity contribution is 6.03. The molecule has 20 heavy (non-hydrogen) atoms. The van der Waals surface area contributed by atoms with E-state index in [0.29, 0.717) is 17.6 Å². The van der Waals surface area contributed by atoms with Gasteiger partial charge in [0.05, 0.1) is 0 Å². The van der Waals surface area contributed by atoms with E-state index < -0.39 is 0 Å². The first kappa shape index (κ1) is 15.0. The summed E-state index contributed by atoms with van der Waals surface area (Å²) in [5.41, 5.74) is 4.93. The number of rotatable bonds is 5. The molecule has 2 rings (SSSR count). The van der Waals surface area contributed by atoms with E-state index in [1.165, 1.54) is 16.7 Å². The molecule has 0 N–H and O–H groups in total. The zero-order valence-electron chi connectivity index (χ0n) is 13.4. The monoisotopic (exact) mass is 270 g/mol. The van der Waals surface area contributed by atoms with Crippen LogP contribution < -0.4 is 0 Å². The first-order valence-corrected chi connectivity index (χ1v) is 7.75. The van der Waals surface area contributed by atoms with Crippen LogP contribution in [0.2, 0.25) is 0 Å². The van der Waals surface area contributed by atoms with Gasteiger partial charge in [-0.05, 0) is 41.0 Å². The lowest BCUT2D eigenvalue weighted by Gasteiger charge is -2.14. The molecule has 0 saturated heterocycles. The standard InChI is InChI=1S/C19H26O/c1-12(2)8-15-6-7-16-10-18(11-17(16)9-15)19(20)14(5)13(3)4/h6-7,9-10,12-14H,8,11H2,1-5H3. The Hall–Kier alpha value is -1.37. The van der Waals surface area contributed by atoms with Gasteiger partial charge in [0.25, 0.3) is 0 Å². The van der Waals surface area contributed by atoms with Crippen LogP contribution in [0.4, 0.5) is 0 Å². The summed E-state index contributed by atoms with van der Waals surface area (Å²) in [7, 11) is 0. The molecule has 0 radical (unpaired) electrons. The fraction of sp³-hybridized carbons (Fsp3) is 0.526. The molecule has 108 valence electrons. The summed E-state index contributed by atoms with van der Waals surface area (Å²) in [4.78, 5) is 12.4. The summed E-state index contributed by atoms with van der Waals surface area (Å²) in [6.07, 6.45) is 4.02. The van der Waals surface area contributed by atoms with Gasteiger partial charge in [0.2, 0.25) is 0 Å². The number of carbonyl (C=O) groups is 1. The second kappa shape index (κ2) is 5.95. The number of Topliss-reactive ketones (excluding diaryl/α,β-unsaturated/α-hetero) is 1. The van der Waals surface area contributed by atoms with Crippen molar-refractivity contribution in [1.29, 1.82) is 0 Å². The number of fused-ring (bicyclic) bond motifs is 1. The van der Waals surface area contributed by atoms with Crippen LogP contribution in [0.15, 0.2) is 23.8 Å². The molecule has 0 amide bonds. The lowest BCUT2D eigenvalue weighted by Crippen LogP contribution is -2.18. The predicted octanol–water partition coefficient (Wildman–Crippen LogP) is 4.69. The lowest BCUT2D eigenvalue weighted by atomic mass is 9.89. The fourth-order valence-electron chi connectivity index (χ4n) is 2.75. The quantitative estimate of drug-likeness (QED) is 0.759. The molecule has 0 spiro atoms. The average Bonchev–Trinajstić information content (AvgIpc) is 2.79. The predicted molar refractivity (Wildman–Crippen MR) is 85.7 cm³/mol. The van der Waals surface area contributed by atoms with Gasteiger partial charge in [-0.1, -0.05) is 52.8 Å². The summed E-state index contributed by atoms with van der Waals surface area (Å²) in [5, 5.41) is 0. The number of hydrogen-bond acceptors (Lipinski definition) is 1. The van der Waals surface area contributed by atoms with Gasteiger partial charge in [-0.15, -0.1) is 0 Å². The highest BCUT2D eigenvalue weighted by Crippen LogP contribution is 2.30. The number of hydrogen-bond donors (Lipinski definition) is 0. The van der Waals surface area contributed by atoms with E-state index in [1.807, 2.05) is 6.92 Å². The van der Waals surface area contributed by atoms with Crippen molar-refractivity contribution in [2.24, 2.45) is 17.8 Å². The Morgan fingerprint density at radius 1 is 1.15 bits per heavy atom. The van der Waals surface area contributed by atoms with Crippen LogP contribution in [0.25, 0.3) is 6.08 Å². The molecule has 1 aromatic rings. The molecule has 1 nitrogen and oxygen atoms in total. The Balaban J connectivity index is 2.15. The topological polar surface area (TPSA) is 17.1 Å². The molecule has 1 aromatic carbocycles. The van der Waals surface area contributed by atoms with Crippen LogP contribution in [-0.2, 0) is 17.6 Å². The van der Waals surface area contributed by atoms with Gasteiger partial charge < -0.3 is 0 Å². The van der Waals surface area contributed by atoms with Gasteiger partial charge >= 0.3 is 0 Å². The van der Waals surface area contributed by atoms with Gasteiger partial charge in [0.1, 0.15) is 0 Å². The van der Waals surface area contributed by atoms with Gasteiger partial charge in [-0.3, -0.25) is 4.79 Å². The number of benzene rings is 1. The number of allylic oxidation sites excluding steroid dienone is 1. The maximum absolute atomic E-state index is 12.4. The molecule has 0 bridgehead atoms. The number of ketones is 1. The Morgan fingerprint density at radius 3 is 2.45 bits per heavy atom. The lowest BCUT2D eigenvalue weighted by molar-refractivity contribution is -0.119. The molecule has 1 aliphatic carbocycles. The highest BCUT2D eigenvalue weighted by Gasteiger charge is 2.24. The minimum absolute atomic E-state index is 0.116. The largest absolute Gasteiger partial charge is 0.294 e. The number of carbonyl (C=O) groups excluding carboxylic acids is 1. The Bertz CT molecular complexity index is 535. The van der Waals surface area contributed by atoms with E-state index in [1.54, 1.807) is 0 Å². The van der Waals surface area contributed by atoms with E-state index in [9.17, 15) is 4.79 Å². The van der Waals surface area contributed by atoms with Gasteiger partial charge in [0, 0.05) is 17.9 Å². The van der Waals surface area contributed by atoms with Crippen molar-refractivity contribution in [2.75, 3.05) is 0 Å². The van der Waals surface area contributed by atoms with E-state index in [2.05, 4.69) is 52.0 Å². The third kappa shape index (κ3) is 3.20. The summed E-state index contributed by atoms with van der Waals surface area (Å²) >= 11 is 0. The zero-order chi connectivity index (χ0) is 14.9. The second-order valence-electron chi connectivity index (χ2n) is 6.87. The maximum Gasteiger partial charge on any atom is 0.162 e. The van der Waals surface area contributed by atoms with Crippen molar-refractivity contribution >= 4 is 11.9 Å². The van der Waals surface area contributed by atoms with Crippen molar-refractivity contribution < 1.29 is 4.79 Å². The maximum atomic E-state index is 12.4. The van der Waals surface area contributed by atoms with Gasteiger partial charge in [-0.2, -0.15) is 0 Å². The van der Waals surface area contributed by atoms with Crippen LogP contribution in [0.1, 0.15) is 51.3 Å². The highest BCUT2D eigenvalue weighted by atomic mass is 16.1. The first-order valence-electron chi connectivity index (χ1n) is 7.75.